The molecule has 0 spiro atoms. The van der Waals surface area contributed by atoms with Crippen molar-refractivity contribution in [1.82, 2.24) is 9.88 Å². The smallest absolute Gasteiger partial charge is 0.257 e. The molecule has 1 saturated heterocycles. The molecule has 0 saturated carbocycles. The molecule has 1 aliphatic heterocycles. The second-order valence-electron chi connectivity index (χ2n) is 7.10. The summed E-state index contributed by atoms with van der Waals surface area (Å²) >= 11 is 1.50. The lowest BCUT2D eigenvalue weighted by molar-refractivity contribution is 0.102. The molecular weight excluding hydrogens is 318 g/mol. The zero-order valence-electron chi connectivity index (χ0n) is 14.6. The Hall–Kier alpha value is -1.72. The van der Waals surface area contributed by atoms with Gasteiger partial charge in [0.2, 0.25) is 0 Å². The van der Waals surface area contributed by atoms with Crippen LogP contribution in [0, 0.1) is 18.8 Å². The molecule has 2 heterocycles. The highest BCUT2D eigenvalue weighted by Gasteiger charge is 2.22. The molecule has 2 aromatic rings. The highest BCUT2D eigenvalue weighted by atomic mass is 32.1. The van der Waals surface area contributed by atoms with Crippen molar-refractivity contribution in [1.29, 1.82) is 0 Å². The average Bonchev–Trinajstić information content (AvgIpc) is 2.93. The average molecular weight is 343 g/mol. The molecule has 2 atom stereocenters. The molecular formula is C19H25N3OS. The quantitative estimate of drug-likeness (QED) is 0.906. The van der Waals surface area contributed by atoms with Gasteiger partial charge in [-0.25, -0.2) is 4.98 Å². The van der Waals surface area contributed by atoms with Gasteiger partial charge in [-0.3, -0.25) is 15.0 Å². The molecule has 1 amide bonds. The normalized spacial score (nSPS) is 21.6. The van der Waals surface area contributed by atoms with Crippen molar-refractivity contribution in [3.05, 3.63) is 46.5 Å². The topological polar surface area (TPSA) is 45.2 Å². The van der Waals surface area contributed by atoms with Crippen LogP contribution in [0.15, 0.2) is 29.6 Å². The zero-order chi connectivity index (χ0) is 17.1. The van der Waals surface area contributed by atoms with Crippen LogP contribution in [0.5, 0.6) is 0 Å². The van der Waals surface area contributed by atoms with Gasteiger partial charge in [0.25, 0.3) is 5.91 Å². The van der Waals surface area contributed by atoms with E-state index in [1.54, 1.807) is 0 Å². The summed E-state index contributed by atoms with van der Waals surface area (Å²) in [6.45, 7) is 9.77. The van der Waals surface area contributed by atoms with E-state index in [9.17, 15) is 4.79 Å². The van der Waals surface area contributed by atoms with Gasteiger partial charge in [-0.1, -0.05) is 31.5 Å². The van der Waals surface area contributed by atoms with E-state index in [0.29, 0.717) is 10.7 Å². The summed E-state index contributed by atoms with van der Waals surface area (Å²) in [4.78, 5) is 19.3. The molecule has 0 unspecified atom stereocenters. The van der Waals surface area contributed by atoms with E-state index in [2.05, 4.69) is 34.4 Å². The number of thiazole rings is 1. The molecule has 1 aromatic carbocycles. The van der Waals surface area contributed by atoms with Crippen molar-refractivity contribution in [3.63, 3.8) is 0 Å². The number of nitrogens with zero attached hydrogens (tertiary/aromatic N) is 2. The summed E-state index contributed by atoms with van der Waals surface area (Å²) in [7, 11) is 0. The molecule has 0 radical (unpaired) electrons. The predicted molar refractivity (Wildman–Crippen MR) is 99.5 cm³/mol. The number of likely N-dealkylation sites (tertiary alicyclic amines) is 1. The molecule has 0 aliphatic carbocycles. The maximum absolute atomic E-state index is 12.3. The molecule has 4 nitrogen and oxygen atoms in total. The summed E-state index contributed by atoms with van der Waals surface area (Å²) < 4.78 is 0. The first-order valence-corrected chi connectivity index (χ1v) is 9.42. The van der Waals surface area contributed by atoms with Crippen LogP contribution in [0.2, 0.25) is 0 Å². The van der Waals surface area contributed by atoms with Crippen LogP contribution >= 0.6 is 11.3 Å². The molecule has 24 heavy (non-hydrogen) atoms. The van der Waals surface area contributed by atoms with Crippen molar-refractivity contribution < 1.29 is 4.79 Å². The molecule has 1 N–H and O–H groups in total. The third kappa shape index (κ3) is 4.42. The van der Waals surface area contributed by atoms with Gasteiger partial charge in [0.05, 0.1) is 5.69 Å². The number of benzene rings is 1. The van der Waals surface area contributed by atoms with E-state index in [-0.39, 0.29) is 5.91 Å². The second-order valence-corrected chi connectivity index (χ2v) is 7.96. The largest absolute Gasteiger partial charge is 0.298 e. The molecule has 128 valence electrons. The summed E-state index contributed by atoms with van der Waals surface area (Å²) in [5, 5.41) is 5.63. The van der Waals surface area contributed by atoms with Crippen LogP contribution in [0.1, 0.15) is 41.9 Å². The number of hydrogen-bond donors (Lipinski definition) is 1. The Kier molecular flexibility index (Phi) is 5.31. The van der Waals surface area contributed by atoms with Crippen molar-refractivity contribution in [3.8, 4) is 0 Å². The SMILES string of the molecule is Cc1ccc(C(=O)Nc2nc(CN3C[C@@H](C)C[C@H](C)C3)cs2)cc1. The van der Waals surface area contributed by atoms with Crippen LogP contribution in [0.4, 0.5) is 5.13 Å². The minimum absolute atomic E-state index is 0.101. The number of piperidine rings is 1. The maximum Gasteiger partial charge on any atom is 0.257 e. The van der Waals surface area contributed by atoms with E-state index in [0.717, 1.165) is 42.7 Å². The number of amides is 1. The fraction of sp³-hybridized carbons (Fsp3) is 0.474. The Morgan fingerprint density at radius 1 is 1.25 bits per heavy atom. The number of hydrogen-bond acceptors (Lipinski definition) is 4. The van der Waals surface area contributed by atoms with Gasteiger partial charge in [-0.05, 0) is 37.3 Å². The summed E-state index contributed by atoms with van der Waals surface area (Å²) in [5.41, 5.74) is 2.85. The third-order valence-corrected chi connectivity index (χ3v) is 5.22. The van der Waals surface area contributed by atoms with Gasteiger partial charge >= 0.3 is 0 Å². The number of aromatic nitrogens is 1. The number of nitrogens with one attached hydrogen (secondary N) is 1. The van der Waals surface area contributed by atoms with E-state index >= 15 is 0 Å². The minimum Gasteiger partial charge on any atom is -0.298 e. The number of anilines is 1. The Labute approximate surface area is 147 Å². The monoisotopic (exact) mass is 343 g/mol. The van der Waals surface area contributed by atoms with Crippen LogP contribution in [-0.2, 0) is 6.54 Å². The first kappa shape index (κ1) is 17.1. The highest BCUT2D eigenvalue weighted by Crippen LogP contribution is 2.24. The van der Waals surface area contributed by atoms with E-state index in [1.165, 1.54) is 17.8 Å². The van der Waals surface area contributed by atoms with Gasteiger partial charge in [-0.15, -0.1) is 11.3 Å². The van der Waals surface area contributed by atoms with Crippen molar-refractivity contribution in [2.24, 2.45) is 11.8 Å². The van der Waals surface area contributed by atoms with Crippen molar-refractivity contribution in [2.75, 3.05) is 18.4 Å². The maximum atomic E-state index is 12.3. The van der Waals surface area contributed by atoms with Gasteiger partial charge in [-0.2, -0.15) is 0 Å². The number of aryl methyl sites for hydroxylation is 1. The van der Waals surface area contributed by atoms with Gasteiger partial charge in [0.15, 0.2) is 5.13 Å². The van der Waals surface area contributed by atoms with E-state index in [4.69, 9.17) is 0 Å². The third-order valence-electron chi connectivity index (χ3n) is 4.42. The van der Waals surface area contributed by atoms with Crippen molar-refractivity contribution >= 4 is 22.4 Å². The van der Waals surface area contributed by atoms with Crippen LogP contribution in [-0.4, -0.2) is 28.9 Å². The predicted octanol–water partition coefficient (Wildman–Crippen LogP) is 4.18. The Morgan fingerprint density at radius 2 is 1.92 bits per heavy atom. The Morgan fingerprint density at radius 3 is 2.58 bits per heavy atom. The Bertz CT molecular complexity index is 685. The fourth-order valence-electron chi connectivity index (χ4n) is 3.46. The molecule has 5 heteroatoms. The number of rotatable bonds is 4. The number of carbonyl (C=O) groups excluding carboxylic acids is 1. The number of carbonyl (C=O) groups is 1. The first-order valence-electron chi connectivity index (χ1n) is 8.54. The van der Waals surface area contributed by atoms with Crippen LogP contribution < -0.4 is 5.32 Å². The second kappa shape index (κ2) is 7.45. The first-order chi connectivity index (χ1) is 11.5. The zero-order valence-corrected chi connectivity index (χ0v) is 15.4. The van der Waals surface area contributed by atoms with Crippen LogP contribution in [0.3, 0.4) is 0 Å². The molecule has 1 aromatic heterocycles. The summed E-state index contributed by atoms with van der Waals surface area (Å²) in [5.74, 6) is 1.39. The molecule has 1 fully saturated rings. The van der Waals surface area contributed by atoms with E-state index < -0.39 is 0 Å². The minimum atomic E-state index is -0.101. The molecule has 0 bridgehead atoms. The Balaban J connectivity index is 1.59. The summed E-state index contributed by atoms with van der Waals surface area (Å²) in [6.07, 6.45) is 1.31. The van der Waals surface area contributed by atoms with E-state index in [1.807, 2.05) is 31.2 Å². The fourth-order valence-corrected chi connectivity index (χ4v) is 4.16. The lowest BCUT2D eigenvalue weighted by Gasteiger charge is -2.34. The lowest BCUT2D eigenvalue weighted by atomic mass is 9.92. The van der Waals surface area contributed by atoms with Gasteiger partial charge in [0, 0.05) is 30.6 Å². The van der Waals surface area contributed by atoms with Gasteiger partial charge in [0.1, 0.15) is 0 Å². The van der Waals surface area contributed by atoms with Crippen molar-refractivity contribution in [2.45, 2.75) is 33.7 Å². The standard InChI is InChI=1S/C19H25N3OS/c1-13-4-6-16(7-5-13)18(23)21-19-20-17(12-24-19)11-22-9-14(2)8-15(3)10-22/h4-7,12,14-15H,8-11H2,1-3H3,(H,20,21,23)/t14-,15-/m0/s1. The molecule has 1 aliphatic rings. The highest BCUT2D eigenvalue weighted by molar-refractivity contribution is 7.13. The molecule has 3 rings (SSSR count). The van der Waals surface area contributed by atoms with Gasteiger partial charge < -0.3 is 0 Å². The lowest BCUT2D eigenvalue weighted by Crippen LogP contribution is -2.38. The summed E-state index contributed by atoms with van der Waals surface area (Å²) in [6, 6.07) is 7.58. The van der Waals surface area contributed by atoms with Crippen LogP contribution in [0.25, 0.3) is 0 Å².